The van der Waals surface area contributed by atoms with Crippen LogP contribution in [-0.4, -0.2) is 149 Å². The lowest BCUT2D eigenvalue weighted by Crippen LogP contribution is -2.64. The Balaban J connectivity index is 1.24. The highest BCUT2D eigenvalue weighted by molar-refractivity contribution is 5.77. The molecule has 0 unspecified atom stereocenters. The first-order valence-corrected chi connectivity index (χ1v) is 16.9. The largest absolute Gasteiger partial charge is 0.432 e. The fourth-order valence-corrected chi connectivity index (χ4v) is 11.0. The Hall–Kier alpha value is -1.05. The van der Waals surface area contributed by atoms with Crippen molar-refractivity contribution in [3.8, 4) is 0 Å². The Labute approximate surface area is 273 Å². The standard InChI is InChI=1S/C32H52O15/c1-28-6-3-7-29(2,27(42)46-25-23(40)21(38)19(36)15(10-33)44-25)17(28)4-8-30-12-31(43,14-35)32(13-30,9-5-18(28)30)47-26-24(41)22(39)20(37)16(11-34)45-26/h15-26,33-41,43H,3-14H2,1-2H3/t15-,16-,17+,18+,19-,20-,21+,22+,23-,24-,25+,26+,28+,29-,30+,31+,32-/m1/s1. The van der Waals surface area contributed by atoms with E-state index in [1.54, 1.807) is 0 Å². The van der Waals surface area contributed by atoms with Crippen molar-refractivity contribution in [1.82, 2.24) is 0 Å². The third-order valence-electron chi connectivity index (χ3n) is 13.4. The molecule has 6 rings (SSSR count). The van der Waals surface area contributed by atoms with Crippen molar-refractivity contribution in [3.05, 3.63) is 0 Å². The molecule has 0 radical (unpaired) electrons. The number of carbonyl (C=O) groups is 1. The topological polar surface area (TPSA) is 256 Å². The van der Waals surface area contributed by atoms with Crippen molar-refractivity contribution >= 4 is 5.97 Å². The van der Waals surface area contributed by atoms with Crippen LogP contribution in [0.5, 0.6) is 0 Å². The van der Waals surface area contributed by atoms with Crippen LogP contribution in [0, 0.1) is 28.1 Å². The molecular weight excluding hydrogens is 624 g/mol. The van der Waals surface area contributed by atoms with Gasteiger partial charge in [-0.25, -0.2) is 0 Å². The number of aliphatic hydroxyl groups is 10. The SMILES string of the molecule is C[C@]12CCC[C@@](C)(C(=O)O[C@@H]3O[C@H](CO)[C@@H](O)[C@H](O)[C@H]3O)[C@H]1CC[C@@]13C[C@](O)(CO)[C@@](O[C@@H]4O[C@H](CO)[C@@H](O)[C@H](O)[C@H]4O)(CC[C@H]12)C3. The average molecular weight is 677 g/mol. The zero-order valence-corrected chi connectivity index (χ0v) is 26.9. The molecule has 17 atom stereocenters. The van der Waals surface area contributed by atoms with Crippen molar-refractivity contribution < 1.29 is 74.8 Å². The normalized spacial score (nSPS) is 56.0. The minimum absolute atomic E-state index is 0.000495. The summed E-state index contributed by atoms with van der Waals surface area (Å²) < 4.78 is 23.2. The Kier molecular flexibility index (Phi) is 9.37. The second-order valence-electron chi connectivity index (χ2n) is 15.8. The maximum atomic E-state index is 14.0. The molecule has 10 N–H and O–H groups in total. The van der Waals surface area contributed by atoms with Crippen molar-refractivity contribution in [2.24, 2.45) is 28.1 Å². The second kappa shape index (κ2) is 12.3. The molecule has 2 bridgehead atoms. The molecule has 0 amide bonds. The smallest absolute Gasteiger partial charge is 0.314 e. The summed E-state index contributed by atoms with van der Waals surface area (Å²) in [5.74, 6) is -0.776. The van der Waals surface area contributed by atoms with E-state index < -0.39 is 115 Å². The van der Waals surface area contributed by atoms with Gasteiger partial charge in [-0.3, -0.25) is 4.79 Å². The van der Waals surface area contributed by atoms with E-state index in [2.05, 4.69) is 6.92 Å². The minimum atomic E-state index is -1.72. The molecule has 0 aromatic rings. The van der Waals surface area contributed by atoms with E-state index in [-0.39, 0.29) is 24.7 Å². The summed E-state index contributed by atoms with van der Waals surface area (Å²) in [5, 5.41) is 104. The van der Waals surface area contributed by atoms with Gasteiger partial charge in [-0.15, -0.1) is 0 Å². The van der Waals surface area contributed by atoms with E-state index in [4.69, 9.17) is 18.9 Å². The molecular formula is C32H52O15. The molecule has 6 aliphatic rings. The number of esters is 1. The van der Waals surface area contributed by atoms with Gasteiger partial charge in [-0.2, -0.15) is 0 Å². The summed E-state index contributed by atoms with van der Waals surface area (Å²) in [7, 11) is 0. The first-order chi connectivity index (χ1) is 22.0. The lowest BCUT2D eigenvalue weighted by molar-refractivity contribution is -0.349. The Morgan fingerprint density at radius 1 is 0.723 bits per heavy atom. The van der Waals surface area contributed by atoms with Gasteiger partial charge in [0.05, 0.1) is 25.2 Å². The molecule has 2 aliphatic heterocycles. The van der Waals surface area contributed by atoms with E-state index in [9.17, 15) is 55.9 Å². The minimum Gasteiger partial charge on any atom is -0.432 e. The number of rotatable bonds is 7. The summed E-state index contributed by atoms with van der Waals surface area (Å²) in [5.41, 5.74) is -4.98. The number of hydrogen-bond acceptors (Lipinski definition) is 15. The highest BCUT2D eigenvalue weighted by atomic mass is 16.7. The molecule has 15 heteroatoms. The highest BCUT2D eigenvalue weighted by Gasteiger charge is 2.74. The summed E-state index contributed by atoms with van der Waals surface area (Å²) in [6.07, 6.45) is -10.8. The highest BCUT2D eigenvalue weighted by Crippen LogP contribution is 2.74. The molecule has 47 heavy (non-hydrogen) atoms. The van der Waals surface area contributed by atoms with Crippen molar-refractivity contribution in [1.29, 1.82) is 0 Å². The van der Waals surface area contributed by atoms with Crippen LogP contribution >= 0.6 is 0 Å². The molecule has 4 aliphatic carbocycles. The zero-order chi connectivity index (χ0) is 34.3. The van der Waals surface area contributed by atoms with E-state index >= 15 is 0 Å². The van der Waals surface area contributed by atoms with Crippen LogP contribution in [0.15, 0.2) is 0 Å². The monoisotopic (exact) mass is 676 g/mol. The van der Waals surface area contributed by atoms with Crippen LogP contribution < -0.4 is 0 Å². The van der Waals surface area contributed by atoms with Crippen LogP contribution in [0.3, 0.4) is 0 Å². The molecule has 15 nitrogen and oxygen atoms in total. The van der Waals surface area contributed by atoms with Gasteiger partial charge in [-0.1, -0.05) is 13.3 Å². The van der Waals surface area contributed by atoms with Gasteiger partial charge in [0.2, 0.25) is 6.29 Å². The van der Waals surface area contributed by atoms with Gasteiger partial charge in [0.25, 0.3) is 0 Å². The summed E-state index contributed by atoms with van der Waals surface area (Å²) in [4.78, 5) is 14.0. The Morgan fingerprint density at radius 2 is 1.30 bits per heavy atom. The number of carbonyl (C=O) groups excluding carboxylic acids is 1. The van der Waals surface area contributed by atoms with Gasteiger partial charge in [0.15, 0.2) is 6.29 Å². The van der Waals surface area contributed by atoms with Gasteiger partial charge in [0.1, 0.15) is 60.0 Å². The van der Waals surface area contributed by atoms with Crippen molar-refractivity contribution in [3.63, 3.8) is 0 Å². The van der Waals surface area contributed by atoms with Gasteiger partial charge < -0.3 is 70.0 Å². The third kappa shape index (κ3) is 5.23. The van der Waals surface area contributed by atoms with E-state index in [1.807, 2.05) is 6.92 Å². The first-order valence-electron chi connectivity index (χ1n) is 16.9. The van der Waals surface area contributed by atoms with Crippen molar-refractivity contribution in [2.45, 2.75) is 144 Å². The lowest BCUT2D eigenvalue weighted by Gasteiger charge is -2.64. The molecule has 2 heterocycles. The summed E-state index contributed by atoms with van der Waals surface area (Å²) >= 11 is 0. The molecule has 270 valence electrons. The fourth-order valence-electron chi connectivity index (χ4n) is 11.0. The van der Waals surface area contributed by atoms with Crippen LogP contribution in [0.4, 0.5) is 0 Å². The maximum Gasteiger partial charge on any atom is 0.314 e. The number of fused-ring (bicyclic) bond motifs is 3. The average Bonchev–Trinajstić information content (AvgIpc) is 3.22. The van der Waals surface area contributed by atoms with Crippen LogP contribution in [-0.2, 0) is 23.7 Å². The van der Waals surface area contributed by atoms with Gasteiger partial charge in [-0.05, 0) is 81.0 Å². The Bertz CT molecular complexity index is 1170. The zero-order valence-electron chi connectivity index (χ0n) is 26.9. The molecule has 4 saturated carbocycles. The Morgan fingerprint density at radius 3 is 1.89 bits per heavy atom. The third-order valence-corrected chi connectivity index (χ3v) is 13.4. The molecule has 0 aromatic carbocycles. The van der Waals surface area contributed by atoms with Crippen LogP contribution in [0.2, 0.25) is 0 Å². The predicted molar refractivity (Wildman–Crippen MR) is 157 cm³/mol. The molecule has 6 fully saturated rings. The van der Waals surface area contributed by atoms with E-state index in [1.165, 1.54) is 0 Å². The second-order valence-corrected chi connectivity index (χ2v) is 15.8. The lowest BCUT2D eigenvalue weighted by atomic mass is 9.41. The van der Waals surface area contributed by atoms with Gasteiger partial charge >= 0.3 is 5.97 Å². The van der Waals surface area contributed by atoms with E-state index in [0.29, 0.717) is 38.5 Å². The fraction of sp³-hybridized carbons (Fsp3) is 0.969. The number of hydrogen-bond donors (Lipinski definition) is 10. The van der Waals surface area contributed by atoms with Crippen molar-refractivity contribution in [2.75, 3.05) is 19.8 Å². The maximum absolute atomic E-state index is 14.0. The van der Waals surface area contributed by atoms with E-state index in [0.717, 1.165) is 6.42 Å². The molecule has 2 saturated heterocycles. The summed E-state index contributed by atoms with van der Waals surface area (Å²) in [6.45, 7) is 2.09. The number of aliphatic hydroxyl groups excluding tert-OH is 9. The molecule has 1 spiro atoms. The van der Waals surface area contributed by atoms with Gasteiger partial charge in [0, 0.05) is 0 Å². The number of ether oxygens (including phenoxy) is 4. The van der Waals surface area contributed by atoms with Crippen LogP contribution in [0.25, 0.3) is 0 Å². The predicted octanol–water partition coefficient (Wildman–Crippen LogP) is -2.60. The quantitative estimate of drug-likeness (QED) is 0.0980. The van der Waals surface area contributed by atoms with Crippen LogP contribution in [0.1, 0.15) is 71.6 Å². The molecule has 0 aromatic heterocycles. The summed E-state index contributed by atoms with van der Waals surface area (Å²) in [6, 6.07) is 0. The first kappa shape index (κ1) is 35.8.